The number of rotatable bonds is 6. The SMILES string of the molecule is O=[N+]([O-])C(CNn1cccn1)([N+](=O)[O-])[N+](=O)[O-]. The Morgan fingerprint density at radius 1 is 1.18 bits per heavy atom. The van der Waals surface area contributed by atoms with Crippen LogP contribution in [-0.4, -0.2) is 37.0 Å². The molecule has 0 aliphatic rings. The zero-order chi connectivity index (χ0) is 13.1. The predicted molar refractivity (Wildman–Crippen MR) is 50.2 cm³/mol. The van der Waals surface area contributed by atoms with E-state index in [1.54, 1.807) is 0 Å². The van der Waals surface area contributed by atoms with Gasteiger partial charge in [-0.3, -0.25) is 35.8 Å². The number of nitrogens with zero attached hydrogens (tertiary/aromatic N) is 5. The Morgan fingerprint density at radius 3 is 2.06 bits per heavy atom. The smallest absolute Gasteiger partial charge is 0.288 e. The second-order valence-corrected chi connectivity index (χ2v) is 2.83. The topological polar surface area (TPSA) is 159 Å². The van der Waals surface area contributed by atoms with Gasteiger partial charge in [-0.1, -0.05) is 0 Å². The van der Waals surface area contributed by atoms with Crippen molar-refractivity contribution in [3.8, 4) is 0 Å². The zero-order valence-corrected chi connectivity index (χ0v) is 8.12. The molecule has 1 heterocycles. The zero-order valence-electron chi connectivity index (χ0n) is 8.12. The molecule has 0 radical (unpaired) electrons. The van der Waals surface area contributed by atoms with Crippen LogP contribution in [0.3, 0.4) is 0 Å². The molecule has 0 saturated carbocycles. The molecule has 1 rings (SSSR count). The van der Waals surface area contributed by atoms with E-state index in [-0.39, 0.29) is 0 Å². The molecule has 17 heavy (non-hydrogen) atoms. The first-order valence-electron chi connectivity index (χ1n) is 4.08. The monoisotopic (exact) mass is 246 g/mol. The third-order valence-electron chi connectivity index (χ3n) is 1.86. The van der Waals surface area contributed by atoms with Crippen molar-refractivity contribution < 1.29 is 14.8 Å². The number of hydrogen-bond donors (Lipinski definition) is 1. The number of hydrogen-bond acceptors (Lipinski definition) is 8. The van der Waals surface area contributed by atoms with Crippen molar-refractivity contribution in [2.75, 3.05) is 12.0 Å². The van der Waals surface area contributed by atoms with E-state index in [0.717, 1.165) is 4.79 Å². The van der Waals surface area contributed by atoms with Gasteiger partial charge in [-0.2, -0.15) is 9.89 Å². The average Bonchev–Trinajstić information content (AvgIpc) is 2.69. The van der Waals surface area contributed by atoms with Crippen molar-refractivity contribution in [3.63, 3.8) is 0 Å². The largest absolute Gasteiger partial charge is 0.718 e. The molecular formula is C5H6N6O6. The molecule has 0 aliphatic heterocycles. The molecule has 0 fully saturated rings. The van der Waals surface area contributed by atoms with Crippen LogP contribution in [0.4, 0.5) is 0 Å². The van der Waals surface area contributed by atoms with E-state index in [0.29, 0.717) is 0 Å². The van der Waals surface area contributed by atoms with Crippen LogP contribution < -0.4 is 5.43 Å². The van der Waals surface area contributed by atoms with Crippen LogP contribution in [0.2, 0.25) is 0 Å². The Balaban J connectivity index is 2.95. The molecule has 0 saturated heterocycles. The van der Waals surface area contributed by atoms with E-state index in [9.17, 15) is 30.3 Å². The summed E-state index contributed by atoms with van der Waals surface area (Å²) in [6.45, 7) is -1.14. The molecular weight excluding hydrogens is 240 g/mol. The van der Waals surface area contributed by atoms with Gasteiger partial charge in [0.15, 0.2) is 14.8 Å². The van der Waals surface area contributed by atoms with Gasteiger partial charge in [-0.05, 0) is 6.07 Å². The molecule has 0 aliphatic carbocycles. The van der Waals surface area contributed by atoms with Crippen LogP contribution in [0, 0.1) is 30.3 Å². The van der Waals surface area contributed by atoms with Gasteiger partial charge in [0.05, 0.1) is 6.20 Å². The highest BCUT2D eigenvalue weighted by atomic mass is 16.7. The van der Waals surface area contributed by atoms with Crippen molar-refractivity contribution in [1.82, 2.24) is 9.89 Å². The highest BCUT2D eigenvalue weighted by Gasteiger charge is 2.70. The maximum atomic E-state index is 10.5. The molecule has 12 nitrogen and oxygen atoms in total. The lowest BCUT2D eigenvalue weighted by Crippen LogP contribution is -2.58. The van der Waals surface area contributed by atoms with Gasteiger partial charge in [0.1, 0.15) is 0 Å². The van der Waals surface area contributed by atoms with E-state index >= 15 is 0 Å². The summed E-state index contributed by atoms with van der Waals surface area (Å²) in [5, 5.41) is 35.1. The Kier molecular flexibility index (Phi) is 3.16. The standard InChI is InChI=1S/C5H6N6O6/c12-9(13)5(10(14)15,11(16)17)4-7-8-3-1-2-6-8/h1-3,7H,4H2. The minimum atomic E-state index is -3.54. The summed E-state index contributed by atoms with van der Waals surface area (Å²) in [5.74, 6) is -3.54. The van der Waals surface area contributed by atoms with Crippen molar-refractivity contribution >= 4 is 0 Å². The summed E-state index contributed by atoms with van der Waals surface area (Å²) >= 11 is 0. The van der Waals surface area contributed by atoms with Gasteiger partial charge >= 0.3 is 5.79 Å². The van der Waals surface area contributed by atoms with E-state index < -0.39 is 27.1 Å². The molecule has 1 N–H and O–H groups in total. The van der Waals surface area contributed by atoms with Gasteiger partial charge in [0.2, 0.25) is 0 Å². The first kappa shape index (κ1) is 12.3. The third-order valence-corrected chi connectivity index (χ3v) is 1.86. The van der Waals surface area contributed by atoms with Gasteiger partial charge < -0.3 is 0 Å². The molecule has 1 aromatic rings. The second kappa shape index (κ2) is 4.38. The van der Waals surface area contributed by atoms with Gasteiger partial charge in [0, 0.05) is 6.20 Å². The molecule has 0 spiro atoms. The van der Waals surface area contributed by atoms with Crippen LogP contribution in [0.25, 0.3) is 0 Å². The summed E-state index contributed by atoms with van der Waals surface area (Å²) < 4.78 is 0. The lowest BCUT2D eigenvalue weighted by molar-refractivity contribution is -0.965. The van der Waals surface area contributed by atoms with E-state index in [2.05, 4.69) is 10.5 Å². The molecule has 92 valence electrons. The van der Waals surface area contributed by atoms with Crippen LogP contribution in [0.5, 0.6) is 0 Å². The third kappa shape index (κ3) is 2.09. The fraction of sp³-hybridized carbons (Fsp3) is 0.400. The first-order chi connectivity index (χ1) is 7.91. The molecule has 0 bridgehead atoms. The summed E-state index contributed by atoms with van der Waals surface area (Å²) in [6, 6.07) is 1.43. The maximum absolute atomic E-state index is 10.5. The lowest BCUT2D eigenvalue weighted by Gasteiger charge is -2.10. The predicted octanol–water partition coefficient (Wildman–Crippen LogP) is -1.09. The first-order valence-corrected chi connectivity index (χ1v) is 4.08. The van der Waals surface area contributed by atoms with Crippen molar-refractivity contribution in [2.45, 2.75) is 5.79 Å². The average molecular weight is 246 g/mol. The van der Waals surface area contributed by atoms with E-state index in [1.165, 1.54) is 18.5 Å². The maximum Gasteiger partial charge on any atom is 0.718 e. The molecule has 0 aromatic carbocycles. The molecule has 0 unspecified atom stereocenters. The number of aromatic nitrogens is 2. The second-order valence-electron chi connectivity index (χ2n) is 2.83. The Bertz CT molecular complexity index is 406. The van der Waals surface area contributed by atoms with Gasteiger partial charge in [-0.15, -0.1) is 0 Å². The fourth-order valence-electron chi connectivity index (χ4n) is 0.943. The molecule has 0 atom stereocenters. The summed E-state index contributed by atoms with van der Waals surface area (Å²) in [5.41, 5.74) is 2.09. The highest BCUT2D eigenvalue weighted by Crippen LogP contribution is 2.11. The number of nitrogens with one attached hydrogen (secondary N) is 1. The lowest BCUT2D eigenvalue weighted by atomic mass is 10.4. The molecule has 1 aromatic heterocycles. The van der Waals surface area contributed by atoms with Crippen LogP contribution in [-0.2, 0) is 0 Å². The minimum Gasteiger partial charge on any atom is -0.288 e. The Hall–Kier alpha value is -2.79. The van der Waals surface area contributed by atoms with Crippen LogP contribution >= 0.6 is 0 Å². The van der Waals surface area contributed by atoms with Crippen LogP contribution in [0.15, 0.2) is 18.5 Å². The Morgan fingerprint density at radius 2 is 1.71 bits per heavy atom. The summed E-state index contributed by atoms with van der Waals surface area (Å²) in [4.78, 5) is 27.7. The molecule has 12 heteroatoms. The molecule has 0 amide bonds. The van der Waals surface area contributed by atoms with Crippen molar-refractivity contribution in [1.29, 1.82) is 0 Å². The summed E-state index contributed by atoms with van der Waals surface area (Å²) in [7, 11) is 0. The fourth-order valence-corrected chi connectivity index (χ4v) is 0.943. The quantitative estimate of drug-likeness (QED) is 0.376. The number of nitro groups is 3. The Labute approximate surface area is 92.2 Å². The summed E-state index contributed by atoms with van der Waals surface area (Å²) in [6.07, 6.45) is 2.57. The normalized spacial score (nSPS) is 10.8. The van der Waals surface area contributed by atoms with E-state index in [4.69, 9.17) is 0 Å². The van der Waals surface area contributed by atoms with Crippen molar-refractivity contribution in [3.05, 3.63) is 48.8 Å². The van der Waals surface area contributed by atoms with E-state index in [1.807, 2.05) is 0 Å². The van der Waals surface area contributed by atoms with Crippen LogP contribution in [0.1, 0.15) is 0 Å². The van der Waals surface area contributed by atoms with Crippen molar-refractivity contribution in [2.24, 2.45) is 0 Å². The van der Waals surface area contributed by atoms with Gasteiger partial charge in [-0.25, -0.2) is 0 Å². The minimum absolute atomic E-state index is 0.894. The highest BCUT2D eigenvalue weighted by molar-refractivity contribution is 4.82. The van der Waals surface area contributed by atoms with Gasteiger partial charge in [0.25, 0.3) is 6.54 Å².